The molecule has 1 amide bonds. The Morgan fingerprint density at radius 1 is 1.15 bits per heavy atom. The summed E-state index contributed by atoms with van der Waals surface area (Å²) in [6.07, 6.45) is 1.38. The molecule has 1 atom stereocenters. The predicted octanol–water partition coefficient (Wildman–Crippen LogP) is 5.51. The number of benzene rings is 2. The summed E-state index contributed by atoms with van der Waals surface area (Å²) in [5.41, 5.74) is 2.70. The largest absolute Gasteiger partial charge is 0.494 e. The highest BCUT2D eigenvalue weighted by molar-refractivity contribution is 8.14. The molecule has 2 aromatic rings. The highest BCUT2D eigenvalue weighted by atomic mass is 32.2. The van der Waals surface area contributed by atoms with Crippen molar-refractivity contribution in [3.8, 4) is 5.75 Å². The summed E-state index contributed by atoms with van der Waals surface area (Å²) in [6, 6.07) is 16.6. The van der Waals surface area contributed by atoms with E-state index in [-0.39, 0.29) is 12.5 Å². The van der Waals surface area contributed by atoms with Gasteiger partial charge in [0.1, 0.15) is 12.4 Å². The van der Waals surface area contributed by atoms with Crippen LogP contribution >= 0.6 is 11.8 Å². The van der Waals surface area contributed by atoms with Gasteiger partial charge in [0.25, 0.3) is 0 Å². The fourth-order valence-corrected chi connectivity index (χ4v) is 4.94. The predicted molar refractivity (Wildman–Crippen MR) is 134 cm³/mol. The third-order valence-corrected chi connectivity index (χ3v) is 6.75. The van der Waals surface area contributed by atoms with E-state index in [1.807, 2.05) is 54.6 Å². The molecule has 2 aromatic carbocycles. The van der Waals surface area contributed by atoms with Crippen molar-refractivity contribution in [3.05, 3.63) is 77.0 Å². The molecule has 1 fully saturated rings. The number of allylic oxidation sites excluding steroid dienone is 1. The second kappa shape index (κ2) is 10.9. The third-order valence-electron chi connectivity index (χ3n) is 5.80. The van der Waals surface area contributed by atoms with Gasteiger partial charge in [-0.3, -0.25) is 9.69 Å². The van der Waals surface area contributed by atoms with Crippen LogP contribution in [-0.2, 0) is 20.9 Å². The molecule has 6 nitrogen and oxygen atoms in total. The summed E-state index contributed by atoms with van der Waals surface area (Å²) in [5, 5.41) is 0.635. The Morgan fingerprint density at radius 3 is 2.59 bits per heavy atom. The van der Waals surface area contributed by atoms with Gasteiger partial charge in [0.05, 0.1) is 23.9 Å². The molecule has 0 bridgehead atoms. The number of carbonyl (C=O) groups excluding carboxylic acids is 2. The first kappa shape index (κ1) is 24.1. The summed E-state index contributed by atoms with van der Waals surface area (Å²) in [5.74, 6) is 1.52. The lowest BCUT2D eigenvalue weighted by Crippen LogP contribution is -2.45. The minimum atomic E-state index is -0.583. The number of carbonyl (C=O) groups is 2. The van der Waals surface area contributed by atoms with E-state index in [0.29, 0.717) is 41.1 Å². The van der Waals surface area contributed by atoms with Gasteiger partial charge < -0.3 is 9.47 Å². The van der Waals surface area contributed by atoms with Crippen LogP contribution in [-0.4, -0.2) is 34.3 Å². The first-order valence-corrected chi connectivity index (χ1v) is 12.6. The molecule has 0 aliphatic carbocycles. The minimum absolute atomic E-state index is 0.0411. The van der Waals surface area contributed by atoms with E-state index in [1.54, 1.807) is 11.8 Å². The molecule has 4 rings (SSSR count). The molecule has 0 unspecified atom stereocenters. The molecule has 0 N–H and O–H groups in total. The molecule has 0 radical (unpaired) electrons. The summed E-state index contributed by atoms with van der Waals surface area (Å²) < 4.78 is 11.5. The smallest absolute Gasteiger partial charge is 0.338 e. The van der Waals surface area contributed by atoms with E-state index in [0.717, 1.165) is 23.3 Å². The molecule has 34 heavy (non-hydrogen) atoms. The number of amidine groups is 1. The molecule has 0 aromatic heterocycles. The standard InChI is InChI=1S/C27H30N2O4S/c1-18(2)13-15-32-22-11-9-21(10-12-22)25-24(26(31)33-17-20-7-5-4-6-8-20)19(3)28-27-29(25)23(30)14-16-34-27/h4-12,18,25H,13-17H2,1-3H3/t25-/m0/s1. The van der Waals surface area contributed by atoms with E-state index in [4.69, 9.17) is 9.47 Å². The van der Waals surface area contributed by atoms with Gasteiger partial charge in [0.15, 0.2) is 5.17 Å². The fraction of sp³-hybridized carbons (Fsp3) is 0.370. The minimum Gasteiger partial charge on any atom is -0.494 e. The molecule has 0 saturated carbocycles. The van der Waals surface area contributed by atoms with Crippen LogP contribution in [0.25, 0.3) is 0 Å². The van der Waals surface area contributed by atoms with Crippen molar-refractivity contribution in [2.45, 2.75) is 46.3 Å². The van der Waals surface area contributed by atoms with E-state index in [9.17, 15) is 9.59 Å². The number of hydrogen-bond donors (Lipinski definition) is 0. The van der Waals surface area contributed by atoms with Crippen LogP contribution in [0.3, 0.4) is 0 Å². The van der Waals surface area contributed by atoms with Gasteiger partial charge in [-0.15, -0.1) is 0 Å². The van der Waals surface area contributed by atoms with Gasteiger partial charge in [-0.25, -0.2) is 9.79 Å². The van der Waals surface area contributed by atoms with Crippen LogP contribution in [0.1, 0.15) is 50.8 Å². The molecule has 2 aliphatic heterocycles. The van der Waals surface area contributed by atoms with Crippen molar-refractivity contribution in [1.29, 1.82) is 0 Å². The summed E-state index contributed by atoms with van der Waals surface area (Å²) in [6.45, 7) is 6.93. The van der Waals surface area contributed by atoms with Crippen molar-refractivity contribution in [3.63, 3.8) is 0 Å². The molecule has 1 saturated heterocycles. The first-order chi connectivity index (χ1) is 16.4. The van der Waals surface area contributed by atoms with E-state index in [2.05, 4.69) is 18.8 Å². The number of hydrogen-bond acceptors (Lipinski definition) is 6. The van der Waals surface area contributed by atoms with Crippen LogP contribution in [0.4, 0.5) is 0 Å². The van der Waals surface area contributed by atoms with Crippen molar-refractivity contribution >= 4 is 28.8 Å². The lowest BCUT2D eigenvalue weighted by atomic mass is 9.94. The molecule has 7 heteroatoms. The zero-order valence-corrected chi connectivity index (χ0v) is 20.6. The fourth-order valence-electron chi connectivity index (χ4n) is 3.93. The van der Waals surface area contributed by atoms with Gasteiger partial charge in [-0.05, 0) is 42.5 Å². The second-order valence-corrected chi connectivity index (χ2v) is 9.88. The number of thioether (sulfide) groups is 1. The summed E-state index contributed by atoms with van der Waals surface area (Å²) >= 11 is 1.54. The quantitative estimate of drug-likeness (QED) is 0.468. The van der Waals surface area contributed by atoms with E-state index in [1.165, 1.54) is 11.8 Å². The van der Waals surface area contributed by atoms with E-state index < -0.39 is 12.0 Å². The number of amides is 1. The second-order valence-electron chi connectivity index (χ2n) is 8.82. The van der Waals surface area contributed by atoms with Gasteiger partial charge in [-0.1, -0.05) is 68.1 Å². The summed E-state index contributed by atoms with van der Waals surface area (Å²) in [7, 11) is 0. The number of nitrogens with zero attached hydrogens (tertiary/aromatic N) is 2. The maximum Gasteiger partial charge on any atom is 0.338 e. The summed E-state index contributed by atoms with van der Waals surface area (Å²) in [4.78, 5) is 32.5. The number of fused-ring (bicyclic) bond motifs is 1. The molecule has 178 valence electrons. The van der Waals surface area contributed by atoms with Crippen LogP contribution in [0.2, 0.25) is 0 Å². The molecular weight excluding hydrogens is 448 g/mol. The van der Waals surface area contributed by atoms with Crippen LogP contribution < -0.4 is 4.74 Å². The average Bonchev–Trinajstić information content (AvgIpc) is 2.83. The van der Waals surface area contributed by atoms with Crippen molar-refractivity contribution in [2.75, 3.05) is 12.4 Å². The zero-order chi connectivity index (χ0) is 24.1. The Labute approximate surface area is 205 Å². The highest BCUT2D eigenvalue weighted by Gasteiger charge is 2.41. The highest BCUT2D eigenvalue weighted by Crippen LogP contribution is 2.40. The normalized spacial score (nSPS) is 18.0. The third kappa shape index (κ3) is 5.53. The lowest BCUT2D eigenvalue weighted by molar-refractivity contribution is -0.141. The van der Waals surface area contributed by atoms with Crippen LogP contribution in [0, 0.1) is 5.92 Å². The molecule has 2 heterocycles. The Hall–Kier alpha value is -3.06. The Bertz CT molecular complexity index is 1090. The average molecular weight is 479 g/mol. The van der Waals surface area contributed by atoms with Gasteiger partial charge in [0.2, 0.25) is 5.91 Å². The maximum atomic E-state index is 13.3. The van der Waals surface area contributed by atoms with Gasteiger partial charge >= 0.3 is 5.97 Å². The Balaban J connectivity index is 1.61. The molecular formula is C27H30N2O4S. The lowest BCUT2D eigenvalue weighted by Gasteiger charge is -2.38. The SMILES string of the molecule is CC1=C(C(=O)OCc2ccccc2)[C@H](c2ccc(OCCC(C)C)cc2)N2C(=O)CCSC2=N1. The molecule has 2 aliphatic rings. The van der Waals surface area contributed by atoms with Gasteiger partial charge in [0, 0.05) is 12.2 Å². The number of aliphatic imine (C=N–C) groups is 1. The van der Waals surface area contributed by atoms with Crippen molar-refractivity contribution in [1.82, 2.24) is 4.90 Å². The van der Waals surface area contributed by atoms with Crippen molar-refractivity contribution in [2.24, 2.45) is 10.9 Å². The van der Waals surface area contributed by atoms with Crippen LogP contribution in [0.15, 0.2) is 70.9 Å². The zero-order valence-electron chi connectivity index (χ0n) is 19.8. The van der Waals surface area contributed by atoms with Crippen LogP contribution in [0.5, 0.6) is 5.75 Å². The Kier molecular flexibility index (Phi) is 7.73. The maximum absolute atomic E-state index is 13.3. The number of ether oxygens (including phenoxy) is 2. The number of rotatable bonds is 8. The first-order valence-electron chi connectivity index (χ1n) is 11.6. The Morgan fingerprint density at radius 2 is 1.88 bits per heavy atom. The van der Waals surface area contributed by atoms with Gasteiger partial charge in [-0.2, -0.15) is 0 Å². The monoisotopic (exact) mass is 478 g/mol. The molecule has 0 spiro atoms. The topological polar surface area (TPSA) is 68.2 Å². The van der Waals surface area contributed by atoms with Crippen molar-refractivity contribution < 1.29 is 19.1 Å². The number of esters is 1. The van der Waals surface area contributed by atoms with E-state index >= 15 is 0 Å².